The zero-order valence-corrected chi connectivity index (χ0v) is 14.2. The monoisotopic (exact) mass is 329 g/mol. The second kappa shape index (κ2) is 7.84. The van der Waals surface area contributed by atoms with Gasteiger partial charge in [-0.3, -0.25) is 4.79 Å². The zero-order chi connectivity index (χ0) is 16.8. The van der Waals surface area contributed by atoms with Crippen molar-refractivity contribution in [3.63, 3.8) is 0 Å². The van der Waals surface area contributed by atoms with E-state index in [0.29, 0.717) is 27.9 Å². The maximum Gasteiger partial charge on any atom is 0.187 e. The SMILES string of the molecule is COc1ccc(Cl)cc1N/C=C/C(=O)c1ccc(C(C)C)cc1. The highest BCUT2D eigenvalue weighted by Gasteiger charge is 2.05. The van der Waals surface area contributed by atoms with Gasteiger partial charge in [0.1, 0.15) is 5.75 Å². The number of carbonyl (C=O) groups excluding carboxylic acids is 1. The standard InChI is InChI=1S/C19H20ClNO2/c1-13(2)14-4-6-15(7-5-14)18(22)10-11-21-17-12-16(20)8-9-19(17)23-3/h4-13,21H,1-3H3/b11-10+. The molecule has 0 aliphatic heterocycles. The number of benzene rings is 2. The Labute approximate surface area is 141 Å². The van der Waals surface area contributed by atoms with E-state index >= 15 is 0 Å². The summed E-state index contributed by atoms with van der Waals surface area (Å²) < 4.78 is 5.24. The molecular formula is C19H20ClNO2. The van der Waals surface area contributed by atoms with E-state index in [9.17, 15) is 4.79 Å². The third kappa shape index (κ3) is 4.60. The van der Waals surface area contributed by atoms with Gasteiger partial charge in [-0.2, -0.15) is 0 Å². The van der Waals surface area contributed by atoms with Gasteiger partial charge in [-0.1, -0.05) is 49.7 Å². The molecule has 0 radical (unpaired) electrons. The molecule has 0 saturated carbocycles. The lowest BCUT2D eigenvalue weighted by molar-refractivity contribution is 0.104. The number of hydrogen-bond donors (Lipinski definition) is 1. The summed E-state index contributed by atoms with van der Waals surface area (Å²) in [4.78, 5) is 12.2. The fourth-order valence-corrected chi connectivity index (χ4v) is 2.30. The third-order valence-corrected chi connectivity index (χ3v) is 3.73. The molecule has 0 fully saturated rings. The number of carbonyl (C=O) groups is 1. The van der Waals surface area contributed by atoms with Gasteiger partial charge in [0.15, 0.2) is 5.78 Å². The van der Waals surface area contributed by atoms with Gasteiger partial charge in [0.2, 0.25) is 0 Å². The molecule has 4 heteroatoms. The number of hydrogen-bond acceptors (Lipinski definition) is 3. The number of rotatable bonds is 6. The molecule has 120 valence electrons. The van der Waals surface area contributed by atoms with Gasteiger partial charge in [-0.25, -0.2) is 0 Å². The smallest absolute Gasteiger partial charge is 0.187 e. The molecule has 0 atom stereocenters. The Morgan fingerprint density at radius 1 is 1.17 bits per heavy atom. The van der Waals surface area contributed by atoms with Crippen molar-refractivity contribution in [3.05, 3.63) is 70.9 Å². The molecule has 0 aromatic heterocycles. The quantitative estimate of drug-likeness (QED) is 0.578. The van der Waals surface area contributed by atoms with Gasteiger partial charge in [0.05, 0.1) is 12.8 Å². The minimum Gasteiger partial charge on any atom is -0.495 e. The van der Waals surface area contributed by atoms with Crippen molar-refractivity contribution in [1.82, 2.24) is 0 Å². The van der Waals surface area contributed by atoms with Crippen molar-refractivity contribution < 1.29 is 9.53 Å². The highest BCUT2D eigenvalue weighted by molar-refractivity contribution is 6.30. The summed E-state index contributed by atoms with van der Waals surface area (Å²) in [5, 5.41) is 3.62. The number of nitrogens with one attached hydrogen (secondary N) is 1. The maximum atomic E-state index is 12.2. The molecule has 0 saturated heterocycles. The van der Waals surface area contributed by atoms with Gasteiger partial charge < -0.3 is 10.1 Å². The van der Waals surface area contributed by atoms with Crippen LogP contribution in [0.15, 0.2) is 54.7 Å². The first-order chi connectivity index (χ1) is 11.0. The van der Waals surface area contributed by atoms with Crippen LogP contribution in [0.3, 0.4) is 0 Å². The minimum absolute atomic E-state index is 0.0613. The first kappa shape index (κ1) is 17.1. The van der Waals surface area contributed by atoms with E-state index in [2.05, 4.69) is 19.2 Å². The van der Waals surface area contributed by atoms with E-state index in [1.54, 1.807) is 31.5 Å². The van der Waals surface area contributed by atoms with Crippen LogP contribution in [0.25, 0.3) is 0 Å². The number of methoxy groups -OCH3 is 1. The Bertz CT molecular complexity index is 706. The summed E-state index contributed by atoms with van der Waals surface area (Å²) in [6.07, 6.45) is 3.08. The molecule has 2 aromatic rings. The van der Waals surface area contributed by atoms with Crippen LogP contribution in [0.2, 0.25) is 5.02 Å². The Morgan fingerprint density at radius 3 is 2.48 bits per heavy atom. The van der Waals surface area contributed by atoms with E-state index in [0.717, 1.165) is 0 Å². The molecule has 0 unspecified atom stereocenters. The van der Waals surface area contributed by atoms with Gasteiger partial charge in [0.25, 0.3) is 0 Å². The van der Waals surface area contributed by atoms with Crippen molar-refractivity contribution in [2.75, 3.05) is 12.4 Å². The fourth-order valence-electron chi connectivity index (χ4n) is 2.13. The first-order valence-electron chi connectivity index (χ1n) is 7.42. The normalized spacial score (nSPS) is 11.0. The van der Waals surface area contributed by atoms with E-state index in [-0.39, 0.29) is 5.78 Å². The van der Waals surface area contributed by atoms with E-state index < -0.39 is 0 Å². The lowest BCUT2D eigenvalue weighted by Crippen LogP contribution is -1.98. The molecule has 0 aliphatic rings. The van der Waals surface area contributed by atoms with Gasteiger partial charge in [-0.05, 0) is 29.7 Å². The average Bonchev–Trinajstić information content (AvgIpc) is 2.55. The Hall–Kier alpha value is -2.26. The number of ether oxygens (including phenoxy) is 1. The van der Waals surface area contributed by atoms with Crippen LogP contribution < -0.4 is 10.1 Å². The van der Waals surface area contributed by atoms with E-state index in [1.807, 2.05) is 24.3 Å². The summed E-state index contributed by atoms with van der Waals surface area (Å²) in [6, 6.07) is 12.9. The van der Waals surface area contributed by atoms with E-state index in [4.69, 9.17) is 16.3 Å². The summed E-state index contributed by atoms with van der Waals surface area (Å²) in [6.45, 7) is 4.25. The molecule has 23 heavy (non-hydrogen) atoms. The predicted octanol–water partition coefficient (Wildman–Crippen LogP) is 5.28. The molecule has 3 nitrogen and oxygen atoms in total. The topological polar surface area (TPSA) is 38.3 Å². The fraction of sp³-hybridized carbons (Fsp3) is 0.211. The maximum absolute atomic E-state index is 12.2. The zero-order valence-electron chi connectivity index (χ0n) is 13.5. The number of allylic oxidation sites excluding steroid dienone is 1. The Balaban J connectivity index is 2.05. The summed E-state index contributed by atoms with van der Waals surface area (Å²) >= 11 is 5.96. The first-order valence-corrected chi connectivity index (χ1v) is 7.80. The molecule has 0 heterocycles. The lowest BCUT2D eigenvalue weighted by atomic mass is 10.0. The number of anilines is 1. The van der Waals surface area contributed by atoms with Crippen LogP contribution in [-0.2, 0) is 0 Å². The Morgan fingerprint density at radius 2 is 1.87 bits per heavy atom. The summed E-state index contributed by atoms with van der Waals surface area (Å²) in [7, 11) is 1.58. The predicted molar refractivity (Wildman–Crippen MR) is 95.6 cm³/mol. The second-order valence-electron chi connectivity index (χ2n) is 5.46. The van der Waals surface area contributed by atoms with Crippen LogP contribution in [0.1, 0.15) is 35.7 Å². The van der Waals surface area contributed by atoms with E-state index in [1.165, 1.54) is 11.6 Å². The van der Waals surface area contributed by atoms with Crippen molar-refractivity contribution in [1.29, 1.82) is 0 Å². The van der Waals surface area contributed by atoms with Crippen LogP contribution >= 0.6 is 11.6 Å². The largest absolute Gasteiger partial charge is 0.495 e. The highest BCUT2D eigenvalue weighted by Crippen LogP contribution is 2.27. The van der Waals surface area contributed by atoms with Crippen molar-refractivity contribution >= 4 is 23.1 Å². The third-order valence-electron chi connectivity index (χ3n) is 3.50. The van der Waals surface area contributed by atoms with Gasteiger partial charge in [-0.15, -0.1) is 0 Å². The number of halogens is 1. The Kier molecular flexibility index (Phi) is 5.83. The summed E-state index contributed by atoms with van der Waals surface area (Å²) in [5.74, 6) is 1.05. The van der Waals surface area contributed by atoms with Crippen LogP contribution in [0.5, 0.6) is 5.75 Å². The second-order valence-corrected chi connectivity index (χ2v) is 5.90. The minimum atomic E-state index is -0.0613. The molecule has 2 aromatic carbocycles. The van der Waals surface area contributed by atoms with Crippen molar-refractivity contribution in [2.24, 2.45) is 0 Å². The van der Waals surface area contributed by atoms with Crippen molar-refractivity contribution in [3.8, 4) is 5.75 Å². The molecule has 0 aliphatic carbocycles. The molecule has 1 N–H and O–H groups in total. The molecule has 2 rings (SSSR count). The van der Waals surface area contributed by atoms with Gasteiger partial charge >= 0.3 is 0 Å². The summed E-state index contributed by atoms with van der Waals surface area (Å²) in [5.41, 5.74) is 2.58. The van der Waals surface area contributed by atoms with Gasteiger partial charge in [0, 0.05) is 22.9 Å². The highest BCUT2D eigenvalue weighted by atomic mass is 35.5. The lowest BCUT2D eigenvalue weighted by Gasteiger charge is -2.08. The van der Waals surface area contributed by atoms with Crippen molar-refractivity contribution in [2.45, 2.75) is 19.8 Å². The molecule has 0 spiro atoms. The van der Waals surface area contributed by atoms with Crippen LogP contribution in [0, 0.1) is 0 Å². The van der Waals surface area contributed by atoms with Crippen LogP contribution in [-0.4, -0.2) is 12.9 Å². The average molecular weight is 330 g/mol. The number of ketones is 1. The molecular weight excluding hydrogens is 310 g/mol. The molecule has 0 amide bonds. The molecule has 0 bridgehead atoms. The van der Waals surface area contributed by atoms with Crippen LogP contribution in [0.4, 0.5) is 5.69 Å².